The Morgan fingerprint density at radius 3 is 2.34 bits per heavy atom. The van der Waals surface area contributed by atoms with Gasteiger partial charge in [0.05, 0.1) is 0 Å². The molecule has 5 rings (SSSR count). The highest BCUT2D eigenvalue weighted by Gasteiger charge is 2.32. The molecule has 8 nitrogen and oxygen atoms in total. The summed E-state index contributed by atoms with van der Waals surface area (Å²) in [5, 5.41) is 10.1. The molecule has 0 N–H and O–H groups in total. The second kappa shape index (κ2) is 9.54. The maximum absolute atomic E-state index is 13.1. The van der Waals surface area contributed by atoms with Crippen molar-refractivity contribution in [3.63, 3.8) is 0 Å². The van der Waals surface area contributed by atoms with E-state index in [1.54, 1.807) is 4.90 Å². The van der Waals surface area contributed by atoms with Crippen molar-refractivity contribution >= 4 is 33.4 Å². The zero-order valence-corrected chi connectivity index (χ0v) is 19.2. The van der Waals surface area contributed by atoms with E-state index in [0.29, 0.717) is 17.5 Å². The SMILES string of the molecule is O=C(C1CCN(c2nnc(N3CCCC3=O)s2)CC1)N1CCN(Cc2ccccc2)CC1. The Morgan fingerprint density at radius 2 is 1.66 bits per heavy atom. The predicted octanol–water partition coefficient (Wildman–Crippen LogP) is 2.23. The molecular formula is C23H30N6O2S. The van der Waals surface area contributed by atoms with Crippen LogP contribution in [0.1, 0.15) is 31.2 Å². The highest BCUT2D eigenvalue weighted by Crippen LogP contribution is 2.32. The lowest BCUT2D eigenvalue weighted by molar-refractivity contribution is -0.138. The quantitative estimate of drug-likeness (QED) is 0.690. The molecule has 3 aliphatic heterocycles. The molecule has 32 heavy (non-hydrogen) atoms. The fourth-order valence-corrected chi connectivity index (χ4v) is 5.78. The molecule has 9 heteroatoms. The molecule has 2 aromatic rings. The van der Waals surface area contributed by atoms with Gasteiger partial charge in [0.15, 0.2) is 0 Å². The molecule has 2 amide bonds. The standard InChI is InChI=1S/C23H30N6O2S/c30-20-7-4-10-29(20)23-25-24-22(32-23)28-11-8-19(9-12-28)21(31)27-15-13-26(14-16-27)17-18-5-2-1-3-6-18/h1-3,5-6,19H,4,7-17H2. The highest BCUT2D eigenvalue weighted by atomic mass is 32.1. The van der Waals surface area contributed by atoms with Crippen LogP contribution in [0.15, 0.2) is 30.3 Å². The van der Waals surface area contributed by atoms with Crippen LogP contribution in [-0.4, -0.2) is 77.6 Å². The first kappa shape index (κ1) is 21.3. The van der Waals surface area contributed by atoms with Gasteiger partial charge < -0.3 is 9.80 Å². The molecule has 0 atom stereocenters. The smallest absolute Gasteiger partial charge is 0.228 e. The van der Waals surface area contributed by atoms with Gasteiger partial charge in [0.2, 0.25) is 22.1 Å². The van der Waals surface area contributed by atoms with Crippen molar-refractivity contribution in [3.8, 4) is 0 Å². The zero-order chi connectivity index (χ0) is 21.9. The van der Waals surface area contributed by atoms with Gasteiger partial charge in [-0.3, -0.25) is 19.4 Å². The summed E-state index contributed by atoms with van der Waals surface area (Å²) in [6.45, 7) is 6.81. The lowest BCUT2D eigenvalue weighted by Gasteiger charge is -2.38. The summed E-state index contributed by atoms with van der Waals surface area (Å²) in [6, 6.07) is 10.5. The van der Waals surface area contributed by atoms with Crippen molar-refractivity contribution in [2.45, 2.75) is 32.2 Å². The van der Waals surface area contributed by atoms with Crippen LogP contribution in [0, 0.1) is 5.92 Å². The topological polar surface area (TPSA) is 72.9 Å². The van der Waals surface area contributed by atoms with Crippen molar-refractivity contribution in [3.05, 3.63) is 35.9 Å². The van der Waals surface area contributed by atoms with Crippen LogP contribution in [0.4, 0.5) is 10.3 Å². The highest BCUT2D eigenvalue weighted by molar-refractivity contribution is 7.19. The van der Waals surface area contributed by atoms with E-state index in [1.807, 2.05) is 6.07 Å². The van der Waals surface area contributed by atoms with Gasteiger partial charge in [-0.15, -0.1) is 10.2 Å². The van der Waals surface area contributed by atoms with Crippen LogP contribution < -0.4 is 9.80 Å². The Morgan fingerprint density at radius 1 is 0.938 bits per heavy atom. The van der Waals surface area contributed by atoms with Gasteiger partial charge in [-0.2, -0.15) is 0 Å². The molecule has 170 valence electrons. The first-order chi connectivity index (χ1) is 15.7. The summed E-state index contributed by atoms with van der Waals surface area (Å²) in [5.41, 5.74) is 1.33. The lowest BCUT2D eigenvalue weighted by Crippen LogP contribution is -2.51. The maximum atomic E-state index is 13.1. The summed E-state index contributed by atoms with van der Waals surface area (Å²) in [5.74, 6) is 0.546. The molecule has 3 saturated heterocycles. The fourth-order valence-electron chi connectivity index (χ4n) is 4.84. The van der Waals surface area contributed by atoms with Gasteiger partial charge in [-0.1, -0.05) is 41.7 Å². The first-order valence-corrected chi connectivity index (χ1v) is 12.4. The fraction of sp³-hybridized carbons (Fsp3) is 0.565. The number of hydrogen-bond acceptors (Lipinski definition) is 7. The van der Waals surface area contributed by atoms with Crippen molar-refractivity contribution < 1.29 is 9.59 Å². The number of amides is 2. The van der Waals surface area contributed by atoms with Crippen molar-refractivity contribution in [2.75, 3.05) is 55.6 Å². The number of piperidine rings is 1. The monoisotopic (exact) mass is 454 g/mol. The third-order valence-corrected chi connectivity index (χ3v) is 7.76. The van der Waals surface area contributed by atoms with Gasteiger partial charge in [0, 0.05) is 64.7 Å². The van der Waals surface area contributed by atoms with E-state index in [-0.39, 0.29) is 11.8 Å². The average Bonchev–Trinajstić information content (AvgIpc) is 3.49. The Kier molecular flexibility index (Phi) is 6.36. The number of piperazine rings is 1. The third kappa shape index (κ3) is 4.63. The van der Waals surface area contributed by atoms with E-state index in [9.17, 15) is 9.59 Å². The van der Waals surface area contributed by atoms with Crippen LogP contribution in [-0.2, 0) is 16.1 Å². The molecule has 0 radical (unpaired) electrons. The molecule has 3 fully saturated rings. The number of anilines is 2. The summed E-state index contributed by atoms with van der Waals surface area (Å²) >= 11 is 1.49. The molecule has 0 aliphatic carbocycles. The largest absolute Gasteiger partial charge is 0.347 e. The van der Waals surface area contributed by atoms with E-state index < -0.39 is 0 Å². The van der Waals surface area contributed by atoms with Crippen LogP contribution in [0.2, 0.25) is 0 Å². The van der Waals surface area contributed by atoms with Crippen molar-refractivity contribution in [2.24, 2.45) is 5.92 Å². The minimum absolute atomic E-state index is 0.0967. The van der Waals surface area contributed by atoms with E-state index in [2.05, 4.69) is 49.2 Å². The van der Waals surface area contributed by atoms with E-state index >= 15 is 0 Å². The summed E-state index contributed by atoms with van der Waals surface area (Å²) in [7, 11) is 0. The summed E-state index contributed by atoms with van der Waals surface area (Å²) in [4.78, 5) is 33.5. The molecule has 0 bridgehead atoms. The molecule has 0 saturated carbocycles. The predicted molar refractivity (Wildman–Crippen MR) is 125 cm³/mol. The van der Waals surface area contributed by atoms with E-state index in [0.717, 1.165) is 76.8 Å². The minimum atomic E-state index is 0.0967. The number of carbonyl (C=O) groups is 2. The molecule has 0 unspecified atom stereocenters. The second-order valence-electron chi connectivity index (χ2n) is 8.86. The molecule has 3 aliphatic rings. The van der Waals surface area contributed by atoms with Crippen molar-refractivity contribution in [1.29, 1.82) is 0 Å². The molecule has 0 spiro atoms. The number of aromatic nitrogens is 2. The normalized spacial score (nSPS) is 20.9. The number of nitrogens with zero attached hydrogens (tertiary/aromatic N) is 6. The molecule has 1 aromatic carbocycles. The average molecular weight is 455 g/mol. The Labute approximate surface area is 192 Å². The van der Waals surface area contributed by atoms with Crippen molar-refractivity contribution in [1.82, 2.24) is 20.0 Å². The van der Waals surface area contributed by atoms with Gasteiger partial charge in [0.1, 0.15) is 0 Å². The third-order valence-electron chi connectivity index (χ3n) is 6.76. The number of benzene rings is 1. The van der Waals surface area contributed by atoms with Gasteiger partial charge in [0.25, 0.3) is 0 Å². The zero-order valence-electron chi connectivity index (χ0n) is 18.4. The maximum Gasteiger partial charge on any atom is 0.228 e. The molecular weight excluding hydrogens is 424 g/mol. The van der Waals surface area contributed by atoms with Gasteiger partial charge in [-0.25, -0.2) is 0 Å². The van der Waals surface area contributed by atoms with Crippen LogP contribution >= 0.6 is 11.3 Å². The van der Waals surface area contributed by atoms with Crippen LogP contribution in [0.5, 0.6) is 0 Å². The van der Waals surface area contributed by atoms with Gasteiger partial charge in [-0.05, 0) is 24.8 Å². The minimum Gasteiger partial charge on any atom is -0.347 e. The number of rotatable bonds is 5. The Hall–Kier alpha value is -2.52. The lowest BCUT2D eigenvalue weighted by atomic mass is 9.95. The number of hydrogen-bond donors (Lipinski definition) is 0. The van der Waals surface area contributed by atoms with Crippen LogP contribution in [0.25, 0.3) is 0 Å². The van der Waals surface area contributed by atoms with Gasteiger partial charge >= 0.3 is 0 Å². The van der Waals surface area contributed by atoms with E-state index in [4.69, 9.17) is 0 Å². The second-order valence-corrected chi connectivity index (χ2v) is 9.80. The molecule has 4 heterocycles. The number of carbonyl (C=O) groups excluding carboxylic acids is 2. The van der Waals surface area contributed by atoms with Crippen LogP contribution in [0.3, 0.4) is 0 Å². The van der Waals surface area contributed by atoms with E-state index in [1.165, 1.54) is 16.9 Å². The molecule has 1 aromatic heterocycles. The summed E-state index contributed by atoms with van der Waals surface area (Å²) in [6.07, 6.45) is 3.19. The Balaban J connectivity index is 1.09. The Bertz CT molecular complexity index is 935. The summed E-state index contributed by atoms with van der Waals surface area (Å²) < 4.78 is 0. The first-order valence-electron chi connectivity index (χ1n) is 11.6.